The van der Waals surface area contributed by atoms with Gasteiger partial charge in [0.05, 0.1) is 36.4 Å². The molecule has 13 heteroatoms. The monoisotopic (exact) mass is 629 g/mol. The van der Waals surface area contributed by atoms with Crippen molar-refractivity contribution in [2.24, 2.45) is 0 Å². The lowest BCUT2D eigenvalue weighted by Crippen LogP contribution is -2.14. The summed E-state index contributed by atoms with van der Waals surface area (Å²) in [7, 11) is 0. The van der Waals surface area contributed by atoms with Gasteiger partial charge in [0.2, 0.25) is 17.8 Å². The van der Waals surface area contributed by atoms with Gasteiger partial charge in [-0.3, -0.25) is 0 Å². The minimum Gasteiger partial charge on any atom is -0.462 e. The summed E-state index contributed by atoms with van der Waals surface area (Å²) in [6, 6.07) is 13.9. The van der Waals surface area contributed by atoms with Crippen molar-refractivity contribution in [2.75, 3.05) is 54.0 Å². The molecular formula is C30H41N6O5S2+. The third-order valence-electron chi connectivity index (χ3n) is 5.93. The van der Waals surface area contributed by atoms with E-state index in [2.05, 4.69) is 37.2 Å². The predicted molar refractivity (Wildman–Crippen MR) is 176 cm³/mol. The Morgan fingerprint density at radius 3 is 1.65 bits per heavy atom. The molecule has 2 aromatic carbocycles. The van der Waals surface area contributed by atoms with Gasteiger partial charge in [-0.25, -0.2) is 9.59 Å². The number of benzene rings is 2. The van der Waals surface area contributed by atoms with Gasteiger partial charge in [-0.1, -0.05) is 26.7 Å². The van der Waals surface area contributed by atoms with E-state index in [-0.39, 0.29) is 23.1 Å². The van der Waals surface area contributed by atoms with Crippen LogP contribution >= 0.6 is 12.0 Å². The number of hydrogen-bond acceptors (Lipinski definition) is 12. The molecule has 0 saturated carbocycles. The van der Waals surface area contributed by atoms with Crippen LogP contribution in [0.4, 0.5) is 29.2 Å². The number of rotatable bonds is 19. The van der Waals surface area contributed by atoms with Crippen LogP contribution in [0.1, 0.15) is 66.7 Å². The third kappa shape index (κ3) is 12.3. The molecule has 0 spiro atoms. The number of nitrogens with zero attached hydrogens (tertiary/aromatic N) is 3. The van der Waals surface area contributed by atoms with Crippen molar-refractivity contribution in [3.63, 3.8) is 0 Å². The molecule has 11 nitrogen and oxygen atoms in total. The summed E-state index contributed by atoms with van der Waals surface area (Å²) >= 11 is 1.25. The lowest BCUT2D eigenvalue weighted by Gasteiger charge is -2.12. The highest BCUT2D eigenvalue weighted by molar-refractivity contribution is 8.05. The van der Waals surface area contributed by atoms with Gasteiger partial charge in [0.25, 0.3) is 0 Å². The van der Waals surface area contributed by atoms with E-state index in [9.17, 15) is 9.59 Å². The Morgan fingerprint density at radius 2 is 1.21 bits per heavy atom. The summed E-state index contributed by atoms with van der Waals surface area (Å²) in [5.74, 6) is 1.24. The minimum absolute atomic E-state index is 0.127. The van der Waals surface area contributed by atoms with Crippen LogP contribution in [0.25, 0.3) is 0 Å². The number of nitrogens with one attached hydrogen (secondary N) is 3. The van der Waals surface area contributed by atoms with Crippen molar-refractivity contribution in [1.29, 1.82) is 0 Å². The zero-order chi connectivity index (χ0) is 30.9. The Morgan fingerprint density at radius 1 is 0.744 bits per heavy atom. The Labute approximate surface area is 261 Å². The van der Waals surface area contributed by atoms with Crippen LogP contribution in [0.5, 0.6) is 0 Å². The molecule has 0 saturated heterocycles. The Balaban J connectivity index is 1.71. The molecule has 0 aliphatic carbocycles. The largest absolute Gasteiger partial charge is 0.462 e. The molecule has 0 fully saturated rings. The molecule has 232 valence electrons. The molecule has 0 aliphatic heterocycles. The van der Waals surface area contributed by atoms with E-state index in [0.29, 0.717) is 60.1 Å². The first-order valence-corrected chi connectivity index (χ1v) is 17.2. The van der Waals surface area contributed by atoms with Crippen molar-refractivity contribution in [1.82, 2.24) is 15.0 Å². The predicted octanol–water partition coefficient (Wildman–Crippen LogP) is 6.53. The van der Waals surface area contributed by atoms with Gasteiger partial charge in [-0.15, -0.1) is 3.63 Å². The van der Waals surface area contributed by atoms with Crippen molar-refractivity contribution in [2.45, 2.75) is 46.0 Å². The standard InChI is InChI=1S/C30H40N6O5S2/c1-5-7-19-39-26(37)22-10-14-24(15-11-22)32-29-34-28(31-18-9-21-43(4)41-42-3)35-30(36-29)33-25-16-12-23(13-17-25)27(38)40-20-8-6-2/h10-17H,5-9,18-21H2,1-4H3,(H2-,31,32,33,34,35,36,37,38)/p+1. The van der Waals surface area contributed by atoms with Gasteiger partial charge in [-0.05, 0) is 61.4 Å². The summed E-state index contributed by atoms with van der Waals surface area (Å²) in [5.41, 5.74) is 2.34. The fourth-order valence-corrected chi connectivity index (χ4v) is 5.37. The molecule has 0 aliphatic rings. The second kappa shape index (κ2) is 18.9. The van der Waals surface area contributed by atoms with Crippen LogP contribution in [-0.2, 0) is 24.3 Å². The van der Waals surface area contributed by atoms with Crippen LogP contribution in [-0.4, -0.2) is 64.9 Å². The summed E-state index contributed by atoms with van der Waals surface area (Å²) in [4.78, 5) is 38.1. The van der Waals surface area contributed by atoms with Gasteiger partial charge in [-0.2, -0.15) is 15.0 Å². The van der Waals surface area contributed by atoms with Crippen LogP contribution in [0, 0.1) is 0 Å². The highest BCUT2D eigenvalue weighted by Crippen LogP contribution is 2.20. The summed E-state index contributed by atoms with van der Waals surface area (Å²) in [6.45, 7) is 5.55. The normalized spacial score (nSPS) is 11.4. The van der Waals surface area contributed by atoms with Crippen molar-refractivity contribution >= 4 is 64.4 Å². The zero-order valence-corrected chi connectivity index (χ0v) is 26.8. The molecule has 0 radical (unpaired) electrons. The Kier molecular flexibility index (Phi) is 14.9. The number of unbranched alkanes of at least 4 members (excludes halogenated alkanes) is 2. The lowest BCUT2D eigenvalue weighted by molar-refractivity contribution is 0.0490. The van der Waals surface area contributed by atoms with Gasteiger partial charge in [0.1, 0.15) is 12.0 Å². The van der Waals surface area contributed by atoms with E-state index >= 15 is 0 Å². The lowest BCUT2D eigenvalue weighted by atomic mass is 10.2. The smallest absolute Gasteiger partial charge is 0.338 e. The molecule has 1 atom stereocenters. The molecular weight excluding hydrogens is 589 g/mol. The first-order valence-electron chi connectivity index (χ1n) is 14.3. The molecule has 0 amide bonds. The van der Waals surface area contributed by atoms with Gasteiger partial charge < -0.3 is 25.4 Å². The van der Waals surface area contributed by atoms with E-state index in [1.165, 1.54) is 12.0 Å². The topological polar surface area (TPSA) is 137 Å². The Hall–Kier alpha value is -3.55. The summed E-state index contributed by atoms with van der Waals surface area (Å²) in [5, 5.41) is 9.64. The summed E-state index contributed by atoms with van der Waals surface area (Å²) in [6.07, 6.45) is 8.44. The number of carbonyl (C=O) groups excluding carboxylic acids is 2. The van der Waals surface area contributed by atoms with Crippen molar-refractivity contribution in [3.8, 4) is 0 Å². The quantitative estimate of drug-likeness (QED) is 0.0575. The van der Waals surface area contributed by atoms with Crippen LogP contribution in [0.3, 0.4) is 0 Å². The molecule has 1 aromatic heterocycles. The van der Waals surface area contributed by atoms with Crippen molar-refractivity contribution < 1.29 is 22.7 Å². The van der Waals surface area contributed by atoms with E-state index in [0.717, 1.165) is 37.9 Å². The van der Waals surface area contributed by atoms with E-state index < -0.39 is 0 Å². The average Bonchev–Trinajstić information content (AvgIpc) is 3.00. The number of ether oxygens (including phenoxy) is 2. The molecule has 43 heavy (non-hydrogen) atoms. The number of anilines is 5. The molecule has 3 aromatic rings. The second-order valence-corrected chi connectivity index (χ2v) is 11.9. The number of aromatic nitrogens is 3. The maximum absolute atomic E-state index is 12.2. The molecule has 3 rings (SSSR count). The maximum Gasteiger partial charge on any atom is 0.338 e. The number of carbonyl (C=O) groups is 2. The third-order valence-corrected chi connectivity index (χ3v) is 8.26. The van der Waals surface area contributed by atoms with E-state index in [1.54, 1.807) is 48.5 Å². The molecule has 3 N–H and O–H groups in total. The van der Waals surface area contributed by atoms with Gasteiger partial charge in [0, 0.05) is 30.6 Å². The first kappa shape index (κ1) is 33.9. The van der Waals surface area contributed by atoms with E-state index in [4.69, 9.17) is 13.1 Å². The zero-order valence-electron chi connectivity index (χ0n) is 25.2. The average molecular weight is 630 g/mol. The molecule has 1 unspecified atom stereocenters. The SMILES string of the molecule is CCCCOC(=O)c1ccc(Nc2nc(NCCC[S+](C)OSC)nc(Nc3ccc(C(=O)OCCCC)cc3)n2)cc1. The highest BCUT2D eigenvalue weighted by Gasteiger charge is 2.14. The van der Waals surface area contributed by atoms with Crippen LogP contribution in [0.2, 0.25) is 0 Å². The van der Waals surface area contributed by atoms with Crippen LogP contribution in [0.15, 0.2) is 48.5 Å². The molecule has 0 bridgehead atoms. The highest BCUT2D eigenvalue weighted by atomic mass is 32.3. The second-order valence-electron chi connectivity index (χ2n) is 9.48. The van der Waals surface area contributed by atoms with Gasteiger partial charge in [0.15, 0.2) is 11.2 Å². The van der Waals surface area contributed by atoms with Gasteiger partial charge >= 0.3 is 11.9 Å². The summed E-state index contributed by atoms with van der Waals surface area (Å²) < 4.78 is 16.1. The number of hydrogen-bond donors (Lipinski definition) is 3. The minimum atomic E-state index is -0.351. The fraction of sp³-hybridized carbons (Fsp3) is 0.433. The van der Waals surface area contributed by atoms with Crippen LogP contribution < -0.4 is 16.0 Å². The van der Waals surface area contributed by atoms with Crippen molar-refractivity contribution in [3.05, 3.63) is 59.7 Å². The maximum atomic E-state index is 12.2. The van der Waals surface area contributed by atoms with E-state index in [1.807, 2.05) is 20.1 Å². The Bertz CT molecular complexity index is 1200. The molecule has 1 heterocycles. The first-order chi connectivity index (χ1) is 20.9. The number of esters is 2. The fourth-order valence-electron chi connectivity index (χ4n) is 3.62.